The maximum Gasteiger partial charge on any atom is 0.270 e. The second-order valence-electron chi connectivity index (χ2n) is 9.04. The third kappa shape index (κ3) is 6.58. The zero-order valence-corrected chi connectivity index (χ0v) is 22.0. The Morgan fingerprint density at radius 1 is 1.28 bits per heavy atom. The lowest BCUT2D eigenvalue weighted by atomic mass is 10.1. The normalized spacial score (nSPS) is 16.6. The predicted octanol–water partition coefficient (Wildman–Crippen LogP) is 3.21. The van der Waals surface area contributed by atoms with Crippen molar-refractivity contribution in [2.24, 2.45) is 5.14 Å². The molecule has 12 heteroatoms. The van der Waals surface area contributed by atoms with E-state index >= 15 is 0 Å². The molecular weight excluding hydrogens is 500 g/mol. The van der Waals surface area contributed by atoms with E-state index in [1.54, 1.807) is 18.3 Å². The van der Waals surface area contributed by atoms with Crippen LogP contribution in [0.3, 0.4) is 0 Å². The number of ether oxygens (including phenoxy) is 1. The fourth-order valence-corrected chi connectivity index (χ4v) is 5.21. The Labute approximate surface area is 215 Å². The molecule has 0 saturated carbocycles. The number of nitrogens with zero attached hydrogens (tertiary/aromatic N) is 3. The number of amides is 1. The number of carbonyl (C=O) groups excluding carboxylic acids is 1. The molecule has 0 radical (unpaired) electrons. The highest BCUT2D eigenvalue weighted by Gasteiger charge is 2.20. The number of anilines is 2. The van der Waals surface area contributed by atoms with Gasteiger partial charge in [-0.25, -0.2) is 18.5 Å². The molecule has 1 aliphatic rings. The summed E-state index contributed by atoms with van der Waals surface area (Å²) in [6, 6.07) is 8.02. The van der Waals surface area contributed by atoms with Crippen LogP contribution in [0.2, 0.25) is 0 Å². The lowest BCUT2D eigenvalue weighted by molar-refractivity contribution is 0.0907. The molecule has 1 atom stereocenters. The highest BCUT2D eigenvalue weighted by atomic mass is 32.2. The van der Waals surface area contributed by atoms with Gasteiger partial charge < -0.3 is 20.3 Å². The van der Waals surface area contributed by atoms with Crippen LogP contribution in [0.4, 0.5) is 10.8 Å². The van der Waals surface area contributed by atoms with Gasteiger partial charge in [-0.05, 0) is 70.6 Å². The SMILES string of the molecule is CC(C)Oc1ccc(S(N)(=O)=O)cc1Nc1nc(-c2ccc(C(=O)NC3CCCN(C)C3)nc2)cs1. The number of pyridine rings is 1. The smallest absolute Gasteiger partial charge is 0.270 e. The average Bonchev–Trinajstić information content (AvgIpc) is 3.28. The second kappa shape index (κ2) is 10.9. The van der Waals surface area contributed by atoms with E-state index in [9.17, 15) is 13.2 Å². The van der Waals surface area contributed by atoms with Crippen molar-refractivity contribution in [3.63, 3.8) is 0 Å². The molecule has 1 fully saturated rings. The molecule has 36 heavy (non-hydrogen) atoms. The van der Waals surface area contributed by atoms with Crippen molar-refractivity contribution in [3.8, 4) is 17.0 Å². The third-order valence-electron chi connectivity index (χ3n) is 5.64. The first kappa shape index (κ1) is 26.0. The van der Waals surface area contributed by atoms with Crippen LogP contribution in [-0.2, 0) is 10.0 Å². The van der Waals surface area contributed by atoms with Crippen molar-refractivity contribution in [2.75, 3.05) is 25.5 Å². The number of carbonyl (C=O) groups is 1. The molecule has 3 aromatic rings. The zero-order valence-electron chi connectivity index (χ0n) is 20.4. The number of hydrogen-bond donors (Lipinski definition) is 3. The van der Waals surface area contributed by atoms with Crippen LogP contribution < -0.4 is 20.5 Å². The van der Waals surface area contributed by atoms with E-state index in [0.29, 0.717) is 28.0 Å². The first-order chi connectivity index (χ1) is 17.1. The molecular formula is C24H30N6O4S2. The minimum atomic E-state index is -3.88. The number of benzene rings is 1. The topological polar surface area (TPSA) is 140 Å². The maximum absolute atomic E-state index is 12.6. The number of primary sulfonamides is 1. The molecule has 2 aromatic heterocycles. The van der Waals surface area contributed by atoms with Crippen LogP contribution in [0.1, 0.15) is 37.2 Å². The molecule has 4 rings (SSSR count). The van der Waals surface area contributed by atoms with Crippen molar-refractivity contribution >= 4 is 38.1 Å². The lowest BCUT2D eigenvalue weighted by Crippen LogP contribution is -2.46. The number of nitrogens with one attached hydrogen (secondary N) is 2. The van der Waals surface area contributed by atoms with Gasteiger partial charge in [0.1, 0.15) is 11.4 Å². The molecule has 1 saturated heterocycles. The van der Waals surface area contributed by atoms with Crippen LogP contribution in [0, 0.1) is 0 Å². The molecule has 1 aliphatic heterocycles. The molecule has 192 valence electrons. The molecule has 1 amide bonds. The standard InChI is InChI=1S/C24H30N6O4S2/c1-15(2)34-22-9-7-18(36(25,32)33)11-20(22)28-24-29-21(14-35-24)16-6-8-19(26-12-16)23(31)27-17-5-4-10-30(3)13-17/h6-9,11-12,14-15,17H,4-5,10,13H2,1-3H3,(H,27,31)(H,28,29)(H2,25,32,33). The maximum atomic E-state index is 12.6. The van der Waals surface area contributed by atoms with Crippen LogP contribution >= 0.6 is 11.3 Å². The number of piperidine rings is 1. The fourth-order valence-electron chi connectivity index (χ4n) is 3.94. The summed E-state index contributed by atoms with van der Waals surface area (Å²) in [6.45, 7) is 5.64. The molecule has 3 heterocycles. The van der Waals surface area contributed by atoms with Gasteiger partial charge in [-0.15, -0.1) is 11.3 Å². The molecule has 0 bridgehead atoms. The highest BCUT2D eigenvalue weighted by Crippen LogP contribution is 2.33. The number of likely N-dealkylation sites (tertiary alicyclic amines) is 1. The van der Waals surface area contributed by atoms with Gasteiger partial charge in [-0.3, -0.25) is 9.78 Å². The van der Waals surface area contributed by atoms with E-state index in [1.807, 2.05) is 25.3 Å². The number of nitrogens with two attached hydrogens (primary N) is 1. The van der Waals surface area contributed by atoms with Crippen LogP contribution in [0.15, 0.2) is 46.8 Å². The summed E-state index contributed by atoms with van der Waals surface area (Å²) < 4.78 is 29.4. The first-order valence-electron chi connectivity index (χ1n) is 11.6. The van der Waals surface area contributed by atoms with Gasteiger partial charge in [0.2, 0.25) is 10.0 Å². The van der Waals surface area contributed by atoms with Crippen LogP contribution in [0.5, 0.6) is 5.75 Å². The molecule has 1 unspecified atom stereocenters. The van der Waals surface area contributed by atoms with Gasteiger partial charge in [0.15, 0.2) is 5.13 Å². The summed E-state index contributed by atoms with van der Waals surface area (Å²) in [5.41, 5.74) is 2.22. The Bertz CT molecular complexity index is 1320. The van der Waals surface area contributed by atoms with Crippen molar-refractivity contribution in [1.29, 1.82) is 0 Å². The summed E-state index contributed by atoms with van der Waals surface area (Å²) in [5.74, 6) is 0.297. The minimum Gasteiger partial charge on any atom is -0.489 e. The van der Waals surface area contributed by atoms with E-state index in [0.717, 1.165) is 31.5 Å². The van der Waals surface area contributed by atoms with Gasteiger partial charge in [0, 0.05) is 29.7 Å². The summed E-state index contributed by atoms with van der Waals surface area (Å²) in [4.78, 5) is 23.7. The fraction of sp³-hybridized carbons (Fsp3) is 0.375. The largest absolute Gasteiger partial charge is 0.489 e. The van der Waals surface area contributed by atoms with Crippen LogP contribution in [0.25, 0.3) is 11.3 Å². The van der Waals surface area contributed by atoms with Crippen molar-refractivity contribution in [1.82, 2.24) is 20.2 Å². The summed E-state index contributed by atoms with van der Waals surface area (Å²) in [6.07, 6.45) is 3.53. The van der Waals surface area contributed by atoms with Crippen LogP contribution in [-0.4, -0.2) is 61.5 Å². The van der Waals surface area contributed by atoms with Crippen molar-refractivity contribution in [2.45, 2.75) is 43.7 Å². The number of aromatic nitrogens is 2. The number of sulfonamides is 1. The second-order valence-corrected chi connectivity index (χ2v) is 11.5. The molecule has 4 N–H and O–H groups in total. The predicted molar refractivity (Wildman–Crippen MR) is 140 cm³/mol. The Morgan fingerprint density at radius 3 is 2.75 bits per heavy atom. The number of thiazole rings is 1. The number of likely N-dealkylation sites (N-methyl/N-ethyl adjacent to an activating group) is 1. The van der Waals surface area contributed by atoms with E-state index in [1.165, 1.54) is 23.5 Å². The van der Waals surface area contributed by atoms with E-state index in [4.69, 9.17) is 9.88 Å². The van der Waals surface area contributed by atoms with Crippen molar-refractivity contribution in [3.05, 3.63) is 47.6 Å². The Hall–Kier alpha value is -3.06. The zero-order chi connectivity index (χ0) is 25.9. The van der Waals surface area contributed by atoms with Gasteiger partial charge >= 0.3 is 0 Å². The van der Waals surface area contributed by atoms with E-state index < -0.39 is 10.0 Å². The lowest BCUT2D eigenvalue weighted by Gasteiger charge is -2.30. The Kier molecular flexibility index (Phi) is 7.88. The number of rotatable bonds is 8. The monoisotopic (exact) mass is 530 g/mol. The first-order valence-corrected chi connectivity index (χ1v) is 14.0. The minimum absolute atomic E-state index is 0.0316. The van der Waals surface area contributed by atoms with Gasteiger partial charge in [0.05, 0.1) is 22.4 Å². The molecule has 0 spiro atoms. The van der Waals surface area contributed by atoms with Gasteiger partial charge in [-0.2, -0.15) is 0 Å². The summed E-state index contributed by atoms with van der Waals surface area (Å²) >= 11 is 1.34. The quantitative estimate of drug-likeness (QED) is 0.403. The van der Waals surface area contributed by atoms with Gasteiger partial charge in [0.25, 0.3) is 5.91 Å². The van der Waals surface area contributed by atoms with Gasteiger partial charge in [-0.1, -0.05) is 0 Å². The molecule has 1 aromatic carbocycles. The van der Waals surface area contributed by atoms with E-state index in [2.05, 4.69) is 32.5 Å². The average molecular weight is 531 g/mol. The number of hydrogen-bond acceptors (Lipinski definition) is 9. The Balaban J connectivity index is 1.48. The molecule has 10 nitrogen and oxygen atoms in total. The highest BCUT2D eigenvalue weighted by molar-refractivity contribution is 7.89. The van der Waals surface area contributed by atoms with E-state index in [-0.39, 0.29) is 22.9 Å². The van der Waals surface area contributed by atoms with Crippen molar-refractivity contribution < 1.29 is 17.9 Å². The third-order valence-corrected chi connectivity index (χ3v) is 7.31. The summed E-state index contributed by atoms with van der Waals surface area (Å²) in [7, 11) is -1.83. The Morgan fingerprint density at radius 2 is 2.08 bits per heavy atom. The summed E-state index contributed by atoms with van der Waals surface area (Å²) in [5, 5.41) is 13.9. The molecule has 0 aliphatic carbocycles.